The molecule has 1 saturated heterocycles. The van der Waals surface area contributed by atoms with Crippen LogP contribution in [0.1, 0.15) is 71.9 Å². The highest BCUT2D eigenvalue weighted by atomic mass is 16.2. The Bertz CT molecular complexity index is 1130. The van der Waals surface area contributed by atoms with Gasteiger partial charge in [0.15, 0.2) is 0 Å². The maximum Gasteiger partial charge on any atom is 0.264 e. The molecule has 0 saturated carbocycles. The van der Waals surface area contributed by atoms with Crippen molar-refractivity contribution in [1.29, 1.82) is 0 Å². The molecular weight excluding hydrogens is 436 g/mol. The quantitative estimate of drug-likeness (QED) is 0.380. The highest BCUT2D eigenvalue weighted by Crippen LogP contribution is 2.32. The zero-order valence-corrected chi connectivity index (χ0v) is 19.3. The topological polar surface area (TPSA) is 133 Å². The van der Waals surface area contributed by atoms with E-state index in [9.17, 15) is 19.2 Å². The van der Waals surface area contributed by atoms with Crippen LogP contribution >= 0.6 is 0 Å². The van der Waals surface area contributed by atoms with Gasteiger partial charge in [-0.3, -0.25) is 29.4 Å². The van der Waals surface area contributed by atoms with E-state index >= 15 is 0 Å². The fourth-order valence-electron chi connectivity index (χ4n) is 4.14. The van der Waals surface area contributed by atoms with E-state index in [4.69, 9.17) is 0 Å². The van der Waals surface area contributed by atoms with E-state index in [0.29, 0.717) is 18.2 Å². The fourth-order valence-corrected chi connectivity index (χ4v) is 4.14. The SMILES string of the molecule is CC(C)c1cc(NCCCCNc2cccc3c2C(=O)N(C2CCC(=O)NC2=O)C3=O)ncn1. The van der Waals surface area contributed by atoms with Crippen molar-refractivity contribution >= 4 is 35.1 Å². The van der Waals surface area contributed by atoms with Crippen LogP contribution in [-0.2, 0) is 9.59 Å². The average Bonchev–Trinajstić information content (AvgIpc) is 3.07. The van der Waals surface area contributed by atoms with Crippen molar-refractivity contribution in [3.05, 3.63) is 47.4 Å². The van der Waals surface area contributed by atoms with Gasteiger partial charge in [0.25, 0.3) is 11.8 Å². The minimum absolute atomic E-state index is 0.0940. The second-order valence-electron chi connectivity index (χ2n) is 8.72. The van der Waals surface area contributed by atoms with Crippen molar-refractivity contribution in [2.24, 2.45) is 0 Å². The summed E-state index contributed by atoms with van der Waals surface area (Å²) >= 11 is 0. The molecule has 1 atom stereocenters. The number of piperidine rings is 1. The number of rotatable bonds is 9. The molecular formula is C24H28N6O4. The second-order valence-corrected chi connectivity index (χ2v) is 8.72. The zero-order valence-electron chi connectivity index (χ0n) is 19.3. The molecule has 0 radical (unpaired) electrons. The summed E-state index contributed by atoms with van der Waals surface area (Å²) in [4.78, 5) is 59.2. The number of amides is 4. The first-order chi connectivity index (χ1) is 16.4. The number of hydrogen-bond acceptors (Lipinski definition) is 8. The van der Waals surface area contributed by atoms with E-state index in [1.807, 2.05) is 6.07 Å². The van der Waals surface area contributed by atoms with Crippen molar-refractivity contribution in [2.45, 2.75) is 51.5 Å². The monoisotopic (exact) mass is 464 g/mol. The molecule has 0 bridgehead atoms. The molecule has 0 aliphatic carbocycles. The van der Waals surface area contributed by atoms with Crippen LogP contribution in [0.25, 0.3) is 0 Å². The number of aromatic nitrogens is 2. The largest absolute Gasteiger partial charge is 0.384 e. The van der Waals surface area contributed by atoms with Gasteiger partial charge in [-0.05, 0) is 37.3 Å². The lowest BCUT2D eigenvalue weighted by atomic mass is 10.0. The Morgan fingerprint density at radius 3 is 2.56 bits per heavy atom. The van der Waals surface area contributed by atoms with Crippen molar-refractivity contribution < 1.29 is 19.2 Å². The number of fused-ring (bicyclic) bond motifs is 1. The number of hydrogen-bond donors (Lipinski definition) is 3. The fraction of sp³-hybridized carbons (Fsp3) is 0.417. The molecule has 4 amide bonds. The van der Waals surface area contributed by atoms with Gasteiger partial charge in [0.1, 0.15) is 18.2 Å². The van der Waals surface area contributed by atoms with Crippen LogP contribution in [0.15, 0.2) is 30.6 Å². The van der Waals surface area contributed by atoms with Crippen LogP contribution in [0.3, 0.4) is 0 Å². The first-order valence-electron chi connectivity index (χ1n) is 11.5. The number of anilines is 2. The molecule has 3 heterocycles. The van der Waals surface area contributed by atoms with Gasteiger partial charge in [0.2, 0.25) is 11.8 Å². The highest BCUT2D eigenvalue weighted by molar-refractivity contribution is 6.25. The van der Waals surface area contributed by atoms with Gasteiger partial charge >= 0.3 is 0 Å². The van der Waals surface area contributed by atoms with Gasteiger partial charge in [-0.25, -0.2) is 9.97 Å². The summed E-state index contributed by atoms with van der Waals surface area (Å²) in [6.07, 6.45) is 3.50. The van der Waals surface area contributed by atoms with Crippen LogP contribution in [0.5, 0.6) is 0 Å². The minimum Gasteiger partial charge on any atom is -0.384 e. The minimum atomic E-state index is -0.970. The van der Waals surface area contributed by atoms with E-state index in [1.54, 1.807) is 24.5 Å². The summed E-state index contributed by atoms with van der Waals surface area (Å²) in [5.41, 5.74) is 2.10. The van der Waals surface area contributed by atoms with Crippen LogP contribution in [0, 0.1) is 0 Å². The molecule has 4 rings (SSSR count). The maximum atomic E-state index is 13.1. The van der Waals surface area contributed by atoms with E-state index in [-0.39, 0.29) is 24.0 Å². The predicted molar refractivity (Wildman–Crippen MR) is 125 cm³/mol. The van der Waals surface area contributed by atoms with E-state index in [2.05, 4.69) is 39.8 Å². The van der Waals surface area contributed by atoms with E-state index in [0.717, 1.165) is 35.8 Å². The van der Waals surface area contributed by atoms with Gasteiger partial charge in [-0.1, -0.05) is 19.9 Å². The Balaban J connectivity index is 1.32. The lowest BCUT2D eigenvalue weighted by molar-refractivity contribution is -0.136. The molecule has 2 aliphatic heterocycles. The van der Waals surface area contributed by atoms with Gasteiger partial charge in [-0.2, -0.15) is 0 Å². The standard InChI is InChI=1S/C24H28N6O4/c1-14(2)17-12-19(28-13-27-17)26-11-4-3-10-25-16-7-5-6-15-21(16)24(34)30(23(15)33)18-8-9-20(31)29-22(18)32/h5-7,12-14,18,25H,3-4,8-11H2,1-2H3,(H,26,27,28)(H,29,31,32). The average molecular weight is 465 g/mol. The Morgan fingerprint density at radius 2 is 1.82 bits per heavy atom. The molecule has 1 aromatic carbocycles. The van der Waals surface area contributed by atoms with E-state index in [1.165, 1.54) is 0 Å². The Kier molecular flexibility index (Phi) is 6.85. The van der Waals surface area contributed by atoms with Crippen LogP contribution in [0.4, 0.5) is 11.5 Å². The molecule has 10 nitrogen and oxygen atoms in total. The van der Waals surface area contributed by atoms with E-state index < -0.39 is 29.7 Å². The molecule has 2 aliphatic rings. The molecule has 34 heavy (non-hydrogen) atoms. The van der Waals surface area contributed by atoms with Crippen molar-refractivity contribution in [2.75, 3.05) is 23.7 Å². The smallest absolute Gasteiger partial charge is 0.264 e. The first kappa shape index (κ1) is 23.3. The number of carbonyl (C=O) groups excluding carboxylic acids is 4. The molecule has 1 fully saturated rings. The third-order valence-electron chi connectivity index (χ3n) is 5.97. The van der Waals surface area contributed by atoms with Crippen LogP contribution in [-0.4, -0.2) is 57.6 Å². The summed E-state index contributed by atoms with van der Waals surface area (Å²) in [6.45, 7) is 5.52. The molecule has 2 aromatic rings. The number of imide groups is 2. The first-order valence-corrected chi connectivity index (χ1v) is 11.5. The number of benzene rings is 1. The molecule has 0 spiro atoms. The second kappa shape index (κ2) is 9.98. The number of nitrogens with zero attached hydrogens (tertiary/aromatic N) is 3. The zero-order chi connectivity index (χ0) is 24.2. The van der Waals surface area contributed by atoms with Gasteiger partial charge < -0.3 is 10.6 Å². The molecule has 3 N–H and O–H groups in total. The Labute approximate surface area is 197 Å². The van der Waals surface area contributed by atoms with Crippen LogP contribution in [0.2, 0.25) is 0 Å². The Hall–Kier alpha value is -3.82. The third kappa shape index (κ3) is 4.75. The van der Waals surface area contributed by atoms with Crippen LogP contribution < -0.4 is 16.0 Å². The molecule has 1 aromatic heterocycles. The molecule has 1 unspecified atom stereocenters. The van der Waals surface area contributed by atoms with Gasteiger partial charge in [-0.15, -0.1) is 0 Å². The maximum absolute atomic E-state index is 13.1. The normalized spacial score (nSPS) is 17.7. The predicted octanol–water partition coefficient (Wildman–Crippen LogP) is 2.31. The summed E-state index contributed by atoms with van der Waals surface area (Å²) in [6, 6.07) is 6.03. The number of unbranched alkanes of at least 4 members (excludes halogenated alkanes) is 1. The summed E-state index contributed by atoms with van der Waals surface area (Å²) in [7, 11) is 0. The summed E-state index contributed by atoms with van der Waals surface area (Å²) in [5, 5.41) is 8.76. The Morgan fingerprint density at radius 1 is 1.06 bits per heavy atom. The lowest BCUT2D eigenvalue weighted by Crippen LogP contribution is -2.54. The molecule has 10 heteroatoms. The van der Waals surface area contributed by atoms with Crippen molar-refractivity contribution in [3.63, 3.8) is 0 Å². The molecule has 178 valence electrons. The highest BCUT2D eigenvalue weighted by Gasteiger charge is 2.45. The van der Waals surface area contributed by atoms with Gasteiger partial charge in [0.05, 0.1) is 11.1 Å². The van der Waals surface area contributed by atoms with Crippen molar-refractivity contribution in [1.82, 2.24) is 20.2 Å². The lowest BCUT2D eigenvalue weighted by Gasteiger charge is -2.27. The van der Waals surface area contributed by atoms with Crippen molar-refractivity contribution in [3.8, 4) is 0 Å². The van der Waals surface area contributed by atoms with Gasteiger partial charge in [0, 0.05) is 37.0 Å². The third-order valence-corrected chi connectivity index (χ3v) is 5.97. The summed E-state index contributed by atoms with van der Waals surface area (Å²) < 4.78 is 0. The summed E-state index contributed by atoms with van der Waals surface area (Å²) in [5.74, 6) is -0.894. The number of nitrogens with one attached hydrogen (secondary N) is 3. The number of carbonyl (C=O) groups is 4.